The number of nitrogens with zero attached hydrogens (tertiary/aromatic N) is 1. The molecule has 1 aliphatic rings. The number of allylic oxidation sites excluding steroid dienone is 1. The second kappa shape index (κ2) is 8.77. The number of benzene rings is 1. The summed E-state index contributed by atoms with van der Waals surface area (Å²) >= 11 is 0. The van der Waals surface area contributed by atoms with Crippen LogP contribution in [-0.2, 0) is 11.2 Å². The molecule has 0 spiro atoms. The van der Waals surface area contributed by atoms with Crippen molar-refractivity contribution in [3.05, 3.63) is 48.0 Å². The molecule has 120 valence electrons. The van der Waals surface area contributed by atoms with Crippen LogP contribution in [0.1, 0.15) is 45.1 Å². The SMILES string of the molecule is CC(C)CC/C=C/C(Cc1ccccc1)C(=O)N1CCCC1. The molecule has 1 aromatic rings. The number of likely N-dealkylation sites (tertiary alicyclic amines) is 1. The van der Waals surface area contributed by atoms with Crippen LogP contribution in [-0.4, -0.2) is 23.9 Å². The van der Waals surface area contributed by atoms with E-state index in [0.717, 1.165) is 38.8 Å². The first-order valence-corrected chi connectivity index (χ1v) is 8.66. The van der Waals surface area contributed by atoms with Crippen molar-refractivity contribution in [1.29, 1.82) is 0 Å². The molecule has 1 aliphatic heterocycles. The fraction of sp³-hybridized carbons (Fsp3) is 0.550. The van der Waals surface area contributed by atoms with E-state index < -0.39 is 0 Å². The van der Waals surface area contributed by atoms with E-state index >= 15 is 0 Å². The fourth-order valence-corrected chi connectivity index (χ4v) is 2.97. The lowest BCUT2D eigenvalue weighted by molar-refractivity contribution is -0.132. The van der Waals surface area contributed by atoms with E-state index in [2.05, 4.69) is 50.3 Å². The smallest absolute Gasteiger partial charge is 0.229 e. The van der Waals surface area contributed by atoms with Gasteiger partial charge in [0.15, 0.2) is 0 Å². The molecule has 0 saturated carbocycles. The van der Waals surface area contributed by atoms with Gasteiger partial charge in [0.05, 0.1) is 5.92 Å². The van der Waals surface area contributed by atoms with Crippen LogP contribution in [0.3, 0.4) is 0 Å². The van der Waals surface area contributed by atoms with Gasteiger partial charge in [-0.3, -0.25) is 4.79 Å². The van der Waals surface area contributed by atoms with Crippen LogP contribution in [0.5, 0.6) is 0 Å². The highest BCUT2D eigenvalue weighted by molar-refractivity contribution is 5.81. The molecule has 1 saturated heterocycles. The molecule has 1 amide bonds. The molecule has 1 fully saturated rings. The lowest BCUT2D eigenvalue weighted by Gasteiger charge is -2.21. The van der Waals surface area contributed by atoms with Gasteiger partial charge in [0.2, 0.25) is 5.91 Å². The molecule has 1 aromatic carbocycles. The van der Waals surface area contributed by atoms with Gasteiger partial charge in [0.25, 0.3) is 0 Å². The Kier molecular flexibility index (Phi) is 6.70. The lowest BCUT2D eigenvalue weighted by atomic mass is 9.96. The Balaban J connectivity index is 2.00. The summed E-state index contributed by atoms with van der Waals surface area (Å²) in [5, 5.41) is 0. The zero-order valence-corrected chi connectivity index (χ0v) is 14.0. The maximum atomic E-state index is 12.8. The topological polar surface area (TPSA) is 20.3 Å². The number of hydrogen-bond donors (Lipinski definition) is 0. The van der Waals surface area contributed by atoms with Gasteiger partial charge in [-0.15, -0.1) is 0 Å². The summed E-state index contributed by atoms with van der Waals surface area (Å²) in [4.78, 5) is 14.8. The maximum absolute atomic E-state index is 12.8. The zero-order valence-electron chi connectivity index (χ0n) is 14.0. The monoisotopic (exact) mass is 299 g/mol. The highest BCUT2D eigenvalue weighted by Gasteiger charge is 2.24. The van der Waals surface area contributed by atoms with E-state index in [1.807, 2.05) is 11.0 Å². The Morgan fingerprint density at radius 2 is 1.86 bits per heavy atom. The van der Waals surface area contributed by atoms with Crippen LogP contribution in [0.2, 0.25) is 0 Å². The second-order valence-electron chi connectivity index (χ2n) is 6.73. The van der Waals surface area contributed by atoms with Gasteiger partial charge >= 0.3 is 0 Å². The number of hydrogen-bond acceptors (Lipinski definition) is 1. The summed E-state index contributed by atoms with van der Waals surface area (Å²) in [6.07, 6.45) is 9.73. The summed E-state index contributed by atoms with van der Waals surface area (Å²) in [5.41, 5.74) is 1.24. The van der Waals surface area contributed by atoms with E-state index in [0.29, 0.717) is 11.8 Å². The van der Waals surface area contributed by atoms with Gasteiger partial charge in [-0.25, -0.2) is 0 Å². The van der Waals surface area contributed by atoms with Gasteiger partial charge < -0.3 is 4.90 Å². The van der Waals surface area contributed by atoms with Crippen molar-refractivity contribution in [3.63, 3.8) is 0 Å². The van der Waals surface area contributed by atoms with Crippen LogP contribution in [0.4, 0.5) is 0 Å². The van der Waals surface area contributed by atoms with Crippen molar-refractivity contribution in [2.45, 2.75) is 46.0 Å². The molecule has 0 radical (unpaired) electrons. The second-order valence-corrected chi connectivity index (χ2v) is 6.73. The fourth-order valence-electron chi connectivity index (χ4n) is 2.97. The van der Waals surface area contributed by atoms with Crippen LogP contribution in [0, 0.1) is 11.8 Å². The third-order valence-electron chi connectivity index (χ3n) is 4.31. The van der Waals surface area contributed by atoms with Crippen molar-refractivity contribution >= 4 is 5.91 Å². The maximum Gasteiger partial charge on any atom is 0.229 e. The molecule has 2 rings (SSSR count). The standard InChI is InChI=1S/C20H29NO/c1-17(2)10-6-7-13-19(16-18-11-4-3-5-12-18)20(22)21-14-8-9-15-21/h3-5,7,11-13,17,19H,6,8-10,14-16H2,1-2H3/b13-7+. The molecule has 0 aromatic heterocycles. The highest BCUT2D eigenvalue weighted by atomic mass is 16.2. The van der Waals surface area contributed by atoms with E-state index in [9.17, 15) is 4.79 Å². The third kappa shape index (κ3) is 5.32. The Morgan fingerprint density at radius 1 is 1.18 bits per heavy atom. The quantitative estimate of drug-likeness (QED) is 0.681. The summed E-state index contributed by atoms with van der Waals surface area (Å²) in [5.74, 6) is 1.02. The average Bonchev–Trinajstić information content (AvgIpc) is 3.05. The Hall–Kier alpha value is -1.57. The third-order valence-corrected chi connectivity index (χ3v) is 4.31. The normalized spacial score (nSPS) is 16.6. The molecule has 2 nitrogen and oxygen atoms in total. The Bertz CT molecular complexity index is 472. The van der Waals surface area contributed by atoms with Crippen molar-refractivity contribution < 1.29 is 4.79 Å². The Morgan fingerprint density at radius 3 is 2.50 bits per heavy atom. The summed E-state index contributed by atoms with van der Waals surface area (Å²) in [6, 6.07) is 10.4. The van der Waals surface area contributed by atoms with Crippen molar-refractivity contribution in [2.75, 3.05) is 13.1 Å². The molecule has 1 heterocycles. The zero-order chi connectivity index (χ0) is 15.8. The molecule has 0 aliphatic carbocycles. The van der Waals surface area contributed by atoms with Gasteiger partial charge in [0, 0.05) is 13.1 Å². The van der Waals surface area contributed by atoms with Crippen molar-refractivity contribution in [1.82, 2.24) is 4.90 Å². The van der Waals surface area contributed by atoms with Gasteiger partial charge in [-0.05, 0) is 43.6 Å². The van der Waals surface area contributed by atoms with Crippen molar-refractivity contribution in [3.8, 4) is 0 Å². The summed E-state index contributed by atoms with van der Waals surface area (Å²) < 4.78 is 0. The van der Waals surface area contributed by atoms with E-state index in [1.54, 1.807) is 0 Å². The summed E-state index contributed by atoms with van der Waals surface area (Å²) in [7, 11) is 0. The molecule has 1 atom stereocenters. The van der Waals surface area contributed by atoms with Crippen LogP contribution in [0.15, 0.2) is 42.5 Å². The van der Waals surface area contributed by atoms with Crippen LogP contribution in [0.25, 0.3) is 0 Å². The largest absolute Gasteiger partial charge is 0.342 e. The van der Waals surface area contributed by atoms with Gasteiger partial charge in [-0.1, -0.05) is 56.3 Å². The minimum Gasteiger partial charge on any atom is -0.342 e. The number of carbonyl (C=O) groups excluding carboxylic acids is 1. The predicted molar refractivity (Wildman–Crippen MR) is 92.7 cm³/mol. The minimum atomic E-state index is -0.00679. The molecule has 0 N–H and O–H groups in total. The molecule has 0 bridgehead atoms. The van der Waals surface area contributed by atoms with E-state index in [1.165, 1.54) is 12.0 Å². The van der Waals surface area contributed by atoms with Gasteiger partial charge in [0.1, 0.15) is 0 Å². The molecule has 1 unspecified atom stereocenters. The first kappa shape index (κ1) is 16.8. The van der Waals surface area contributed by atoms with E-state index in [4.69, 9.17) is 0 Å². The molecule has 22 heavy (non-hydrogen) atoms. The lowest BCUT2D eigenvalue weighted by Crippen LogP contribution is -2.34. The first-order valence-electron chi connectivity index (χ1n) is 8.66. The number of amides is 1. The van der Waals surface area contributed by atoms with E-state index in [-0.39, 0.29) is 5.92 Å². The predicted octanol–water partition coefficient (Wildman–Crippen LogP) is 4.46. The minimum absolute atomic E-state index is 0.00679. The van der Waals surface area contributed by atoms with Crippen LogP contribution < -0.4 is 0 Å². The molecular formula is C20H29NO. The number of carbonyl (C=O) groups is 1. The van der Waals surface area contributed by atoms with Crippen LogP contribution >= 0.6 is 0 Å². The van der Waals surface area contributed by atoms with Gasteiger partial charge in [-0.2, -0.15) is 0 Å². The van der Waals surface area contributed by atoms with Crippen molar-refractivity contribution in [2.24, 2.45) is 11.8 Å². The summed E-state index contributed by atoms with van der Waals surface area (Å²) in [6.45, 7) is 6.35. The molecule has 2 heteroatoms. The first-order chi connectivity index (χ1) is 10.7. The molecular weight excluding hydrogens is 270 g/mol. The number of rotatable bonds is 7. The Labute approximate surface area is 135 Å². The average molecular weight is 299 g/mol. The highest BCUT2D eigenvalue weighted by Crippen LogP contribution is 2.18.